The first-order valence-electron chi connectivity index (χ1n) is 9.06. The number of rotatable bonds is 4. The molecule has 0 unspecified atom stereocenters. The first-order valence-corrected chi connectivity index (χ1v) is 9.06. The summed E-state index contributed by atoms with van der Waals surface area (Å²) in [5, 5.41) is 4.06. The predicted molar refractivity (Wildman–Crippen MR) is 97.9 cm³/mol. The van der Waals surface area contributed by atoms with E-state index in [9.17, 15) is 4.79 Å². The summed E-state index contributed by atoms with van der Waals surface area (Å²) in [7, 11) is 4.24. The van der Waals surface area contributed by atoms with Gasteiger partial charge in [-0.15, -0.1) is 0 Å². The lowest BCUT2D eigenvalue weighted by Gasteiger charge is -2.57. The number of hydrogen-bond acceptors (Lipinski definition) is 5. The largest absolute Gasteiger partial charge is 0.338 e. The molecule has 1 aliphatic carbocycles. The van der Waals surface area contributed by atoms with Crippen LogP contribution in [0.4, 0.5) is 0 Å². The normalized spacial score (nSPS) is 26.7. The van der Waals surface area contributed by atoms with E-state index < -0.39 is 0 Å². The number of amides is 1. The van der Waals surface area contributed by atoms with Crippen LogP contribution in [0.2, 0.25) is 0 Å². The SMILES string of the molecule is CN(C)C[C@@]12CN(C(=O)c3ccc(-n4cncn4)nc3)C[C@@H]1C(C)(C)C2. The quantitative estimate of drug-likeness (QED) is 0.836. The lowest BCUT2D eigenvalue weighted by atomic mass is 9.48. The van der Waals surface area contributed by atoms with E-state index in [1.807, 2.05) is 17.0 Å². The second-order valence-electron chi connectivity index (χ2n) is 8.75. The van der Waals surface area contributed by atoms with E-state index >= 15 is 0 Å². The zero-order chi connectivity index (χ0) is 18.5. The Morgan fingerprint density at radius 2 is 2.15 bits per heavy atom. The molecular formula is C19H26N6O. The number of hydrogen-bond donors (Lipinski definition) is 0. The lowest BCUT2D eigenvalue weighted by molar-refractivity contribution is -0.0789. The first kappa shape index (κ1) is 17.1. The van der Waals surface area contributed by atoms with Gasteiger partial charge < -0.3 is 9.80 Å². The van der Waals surface area contributed by atoms with Gasteiger partial charge in [-0.2, -0.15) is 5.10 Å². The summed E-state index contributed by atoms with van der Waals surface area (Å²) >= 11 is 0. The van der Waals surface area contributed by atoms with Crippen LogP contribution < -0.4 is 0 Å². The minimum atomic E-state index is 0.0750. The molecule has 1 saturated heterocycles. The van der Waals surface area contributed by atoms with E-state index in [1.165, 1.54) is 12.7 Å². The highest BCUT2D eigenvalue weighted by atomic mass is 16.2. The molecular weight excluding hydrogens is 328 g/mol. The average molecular weight is 354 g/mol. The van der Waals surface area contributed by atoms with Crippen LogP contribution in [0.15, 0.2) is 31.0 Å². The van der Waals surface area contributed by atoms with Gasteiger partial charge in [0, 0.05) is 31.2 Å². The molecule has 7 nitrogen and oxygen atoms in total. The third kappa shape index (κ3) is 2.70. The Hall–Kier alpha value is -2.28. The number of likely N-dealkylation sites (tertiary alicyclic amines) is 1. The van der Waals surface area contributed by atoms with Gasteiger partial charge in [-0.25, -0.2) is 14.6 Å². The van der Waals surface area contributed by atoms with Crippen molar-refractivity contribution in [1.82, 2.24) is 29.5 Å². The molecule has 26 heavy (non-hydrogen) atoms. The van der Waals surface area contributed by atoms with E-state index in [0.717, 1.165) is 19.6 Å². The van der Waals surface area contributed by atoms with E-state index in [-0.39, 0.29) is 11.3 Å². The Morgan fingerprint density at radius 1 is 1.35 bits per heavy atom. The smallest absolute Gasteiger partial charge is 0.255 e. The molecule has 4 rings (SSSR count). The van der Waals surface area contributed by atoms with Gasteiger partial charge in [0.05, 0.1) is 5.56 Å². The van der Waals surface area contributed by atoms with Crippen molar-refractivity contribution >= 4 is 5.91 Å². The Labute approximate surface area is 154 Å². The Bertz CT molecular complexity index is 794. The third-order valence-electron chi connectivity index (χ3n) is 5.97. The molecule has 2 aliphatic rings. The summed E-state index contributed by atoms with van der Waals surface area (Å²) in [4.78, 5) is 25.6. The molecule has 0 radical (unpaired) electrons. The summed E-state index contributed by atoms with van der Waals surface area (Å²) in [5.41, 5.74) is 1.17. The molecule has 1 aliphatic heterocycles. The van der Waals surface area contributed by atoms with Crippen LogP contribution >= 0.6 is 0 Å². The van der Waals surface area contributed by atoms with Gasteiger partial charge in [-0.05, 0) is 44.0 Å². The van der Waals surface area contributed by atoms with Crippen LogP contribution in [0.5, 0.6) is 0 Å². The first-order chi connectivity index (χ1) is 12.3. The van der Waals surface area contributed by atoms with Crippen molar-refractivity contribution in [2.45, 2.75) is 20.3 Å². The van der Waals surface area contributed by atoms with Crippen molar-refractivity contribution in [3.63, 3.8) is 0 Å². The molecule has 0 bridgehead atoms. The highest BCUT2D eigenvalue weighted by Gasteiger charge is 2.63. The minimum Gasteiger partial charge on any atom is -0.338 e. The summed E-state index contributed by atoms with van der Waals surface area (Å²) in [6.07, 6.45) is 5.88. The molecule has 2 fully saturated rings. The number of carbonyl (C=O) groups is 1. The molecule has 138 valence electrons. The maximum absolute atomic E-state index is 13.0. The van der Waals surface area contributed by atoms with E-state index in [2.05, 4.69) is 47.9 Å². The average Bonchev–Trinajstić information content (AvgIpc) is 3.20. The fourth-order valence-electron chi connectivity index (χ4n) is 5.28. The van der Waals surface area contributed by atoms with Gasteiger partial charge in [-0.1, -0.05) is 13.8 Å². The Balaban J connectivity index is 1.52. The van der Waals surface area contributed by atoms with E-state index in [4.69, 9.17) is 0 Å². The molecule has 7 heteroatoms. The summed E-state index contributed by atoms with van der Waals surface area (Å²) in [6, 6.07) is 3.64. The molecule has 2 atom stereocenters. The zero-order valence-electron chi connectivity index (χ0n) is 15.9. The molecule has 2 aromatic heterocycles. The van der Waals surface area contributed by atoms with Crippen molar-refractivity contribution in [2.75, 3.05) is 33.7 Å². The van der Waals surface area contributed by atoms with Crippen LogP contribution in [0, 0.1) is 16.7 Å². The van der Waals surface area contributed by atoms with Crippen LogP contribution in [-0.2, 0) is 0 Å². The van der Waals surface area contributed by atoms with Gasteiger partial charge in [0.15, 0.2) is 5.82 Å². The summed E-state index contributed by atoms with van der Waals surface area (Å²) in [6.45, 7) is 7.36. The van der Waals surface area contributed by atoms with Crippen LogP contribution in [0.25, 0.3) is 5.82 Å². The minimum absolute atomic E-state index is 0.0750. The Morgan fingerprint density at radius 3 is 2.73 bits per heavy atom. The van der Waals surface area contributed by atoms with Gasteiger partial charge >= 0.3 is 0 Å². The van der Waals surface area contributed by atoms with Crippen LogP contribution in [0.1, 0.15) is 30.6 Å². The fourth-order valence-corrected chi connectivity index (χ4v) is 5.28. The highest BCUT2D eigenvalue weighted by molar-refractivity contribution is 5.94. The molecule has 0 aromatic carbocycles. The highest BCUT2D eigenvalue weighted by Crippen LogP contribution is 2.62. The summed E-state index contributed by atoms with van der Waals surface area (Å²) in [5.74, 6) is 1.29. The molecule has 1 saturated carbocycles. The molecule has 3 heterocycles. The maximum atomic E-state index is 13.0. The number of carbonyl (C=O) groups excluding carboxylic acids is 1. The second kappa shape index (κ2) is 5.87. The number of pyridine rings is 1. The van der Waals surface area contributed by atoms with E-state index in [1.54, 1.807) is 17.2 Å². The fraction of sp³-hybridized carbons (Fsp3) is 0.579. The molecule has 1 amide bonds. The van der Waals surface area contributed by atoms with Gasteiger partial charge in [0.25, 0.3) is 5.91 Å². The summed E-state index contributed by atoms with van der Waals surface area (Å²) < 4.78 is 1.58. The van der Waals surface area contributed by atoms with Crippen molar-refractivity contribution in [1.29, 1.82) is 0 Å². The van der Waals surface area contributed by atoms with Gasteiger partial charge in [0.1, 0.15) is 12.7 Å². The molecule has 0 spiro atoms. The van der Waals surface area contributed by atoms with Crippen molar-refractivity contribution in [3.05, 3.63) is 36.5 Å². The van der Waals surface area contributed by atoms with Crippen molar-refractivity contribution < 1.29 is 4.79 Å². The number of fused-ring (bicyclic) bond motifs is 1. The molecule has 2 aromatic rings. The topological polar surface area (TPSA) is 67.2 Å². The molecule has 0 N–H and O–H groups in total. The number of aromatic nitrogens is 4. The van der Waals surface area contributed by atoms with E-state index in [0.29, 0.717) is 22.7 Å². The maximum Gasteiger partial charge on any atom is 0.255 e. The Kier molecular flexibility index (Phi) is 3.87. The van der Waals surface area contributed by atoms with Crippen molar-refractivity contribution in [2.24, 2.45) is 16.7 Å². The van der Waals surface area contributed by atoms with Gasteiger partial charge in [0.2, 0.25) is 0 Å². The number of nitrogens with zero attached hydrogens (tertiary/aromatic N) is 6. The monoisotopic (exact) mass is 354 g/mol. The van der Waals surface area contributed by atoms with Crippen LogP contribution in [0.3, 0.4) is 0 Å². The third-order valence-corrected chi connectivity index (χ3v) is 5.97. The van der Waals surface area contributed by atoms with Crippen molar-refractivity contribution in [3.8, 4) is 5.82 Å². The zero-order valence-corrected chi connectivity index (χ0v) is 15.9. The van der Waals surface area contributed by atoms with Crippen LogP contribution in [-0.4, -0.2) is 69.2 Å². The lowest BCUT2D eigenvalue weighted by Crippen LogP contribution is -2.57. The second-order valence-corrected chi connectivity index (χ2v) is 8.75. The standard InChI is InChI=1S/C19H26N6O/c1-18(2)9-19(10-23(3)4)11-24(8-15(18)19)17(26)14-5-6-16(21-7-14)25-13-20-12-22-25/h5-7,12-13,15H,8-11H2,1-4H3/t15-,19+/m1/s1. The van der Waals surface area contributed by atoms with Gasteiger partial charge in [-0.3, -0.25) is 4.79 Å². The predicted octanol–water partition coefficient (Wildman–Crippen LogP) is 1.71.